The summed E-state index contributed by atoms with van der Waals surface area (Å²) in [6, 6.07) is 17.0. The first-order valence-electron chi connectivity index (χ1n) is 10.2. The molecule has 0 aromatic heterocycles. The van der Waals surface area contributed by atoms with Crippen molar-refractivity contribution < 1.29 is 19.4 Å². The number of benzene rings is 2. The highest BCUT2D eigenvalue weighted by Gasteiger charge is 2.39. The molecule has 0 bridgehead atoms. The van der Waals surface area contributed by atoms with Gasteiger partial charge in [0, 0.05) is 17.6 Å². The standard InChI is InChI=1S/C23H25ClN2O4/c24-18-8-6-17(7-9-18)21(13-25(23(28)29)19-10-11-19)22(27)26-15-30-14-20(26)12-16-4-2-1-3-5-16/h1-9,19-21H,10-15H2,(H,28,29)/t20-,21-/m1/s1. The average molecular weight is 429 g/mol. The summed E-state index contributed by atoms with van der Waals surface area (Å²) in [4.78, 5) is 28.6. The van der Waals surface area contributed by atoms with E-state index in [9.17, 15) is 14.7 Å². The van der Waals surface area contributed by atoms with Gasteiger partial charge in [-0.2, -0.15) is 0 Å². The van der Waals surface area contributed by atoms with Gasteiger partial charge >= 0.3 is 6.09 Å². The van der Waals surface area contributed by atoms with Crippen molar-refractivity contribution in [1.29, 1.82) is 0 Å². The number of hydrogen-bond acceptors (Lipinski definition) is 3. The third-order valence-electron chi connectivity index (χ3n) is 5.76. The lowest BCUT2D eigenvalue weighted by Gasteiger charge is -2.30. The molecule has 2 atom stereocenters. The largest absolute Gasteiger partial charge is 0.465 e. The number of carbonyl (C=O) groups is 2. The highest BCUT2D eigenvalue weighted by Crippen LogP contribution is 2.32. The molecule has 0 radical (unpaired) electrons. The zero-order valence-electron chi connectivity index (χ0n) is 16.6. The minimum absolute atomic E-state index is 0.0000407. The first kappa shape index (κ1) is 20.7. The van der Waals surface area contributed by atoms with Gasteiger partial charge in [-0.05, 0) is 42.5 Å². The first-order valence-corrected chi connectivity index (χ1v) is 10.6. The summed E-state index contributed by atoms with van der Waals surface area (Å²) in [7, 11) is 0. The highest BCUT2D eigenvalue weighted by atomic mass is 35.5. The van der Waals surface area contributed by atoms with Crippen LogP contribution in [0.2, 0.25) is 5.02 Å². The highest BCUT2D eigenvalue weighted by molar-refractivity contribution is 6.30. The van der Waals surface area contributed by atoms with Crippen LogP contribution in [0.25, 0.3) is 0 Å². The van der Waals surface area contributed by atoms with Crippen LogP contribution < -0.4 is 0 Å². The fourth-order valence-electron chi connectivity index (χ4n) is 3.97. The predicted octanol–water partition coefficient (Wildman–Crippen LogP) is 3.99. The molecule has 7 heteroatoms. The van der Waals surface area contributed by atoms with Gasteiger partial charge in [0.15, 0.2) is 0 Å². The molecule has 2 aromatic rings. The Bertz CT molecular complexity index is 886. The molecule has 158 valence electrons. The lowest BCUT2D eigenvalue weighted by Crippen LogP contribution is -2.45. The molecule has 1 saturated carbocycles. The summed E-state index contributed by atoms with van der Waals surface area (Å²) in [5.74, 6) is -0.707. The molecule has 0 spiro atoms. The molecule has 2 fully saturated rings. The van der Waals surface area contributed by atoms with E-state index in [0.717, 1.165) is 24.0 Å². The van der Waals surface area contributed by atoms with Crippen LogP contribution in [0.15, 0.2) is 54.6 Å². The number of amides is 2. The van der Waals surface area contributed by atoms with Gasteiger partial charge in [-0.15, -0.1) is 0 Å². The van der Waals surface area contributed by atoms with E-state index < -0.39 is 12.0 Å². The summed E-state index contributed by atoms with van der Waals surface area (Å²) in [5.41, 5.74) is 1.90. The van der Waals surface area contributed by atoms with E-state index in [1.165, 1.54) is 4.90 Å². The maximum atomic E-state index is 13.6. The van der Waals surface area contributed by atoms with E-state index in [4.69, 9.17) is 16.3 Å². The van der Waals surface area contributed by atoms with Gasteiger partial charge < -0.3 is 19.6 Å². The van der Waals surface area contributed by atoms with Gasteiger partial charge in [0.05, 0.1) is 18.6 Å². The molecule has 2 aromatic carbocycles. The molecule has 30 heavy (non-hydrogen) atoms. The molecular formula is C23H25ClN2O4. The van der Waals surface area contributed by atoms with E-state index in [1.807, 2.05) is 30.3 Å². The topological polar surface area (TPSA) is 70.1 Å². The monoisotopic (exact) mass is 428 g/mol. The molecule has 1 saturated heterocycles. The van der Waals surface area contributed by atoms with Gasteiger partial charge in [-0.3, -0.25) is 4.79 Å². The third kappa shape index (κ3) is 4.77. The molecule has 1 aliphatic heterocycles. The molecule has 1 heterocycles. The van der Waals surface area contributed by atoms with Gasteiger partial charge in [-0.25, -0.2) is 4.79 Å². The van der Waals surface area contributed by atoms with Crippen molar-refractivity contribution in [1.82, 2.24) is 9.80 Å². The van der Waals surface area contributed by atoms with Crippen LogP contribution in [0.1, 0.15) is 29.9 Å². The quantitative estimate of drug-likeness (QED) is 0.723. The van der Waals surface area contributed by atoms with E-state index in [1.54, 1.807) is 29.2 Å². The maximum absolute atomic E-state index is 13.6. The van der Waals surface area contributed by atoms with Crippen molar-refractivity contribution in [3.63, 3.8) is 0 Å². The Morgan fingerprint density at radius 1 is 1.13 bits per heavy atom. The fraction of sp³-hybridized carbons (Fsp3) is 0.391. The molecule has 4 rings (SSSR count). The van der Waals surface area contributed by atoms with Crippen molar-refractivity contribution in [2.75, 3.05) is 19.9 Å². The van der Waals surface area contributed by atoms with Crippen molar-refractivity contribution in [2.45, 2.75) is 37.3 Å². The predicted molar refractivity (Wildman–Crippen MR) is 114 cm³/mol. The normalized spacial score (nSPS) is 19.5. The Labute approximate surface area is 181 Å². The molecule has 2 amide bonds. The summed E-state index contributed by atoms with van der Waals surface area (Å²) < 4.78 is 5.63. The van der Waals surface area contributed by atoms with Crippen LogP contribution in [0.3, 0.4) is 0 Å². The number of halogens is 1. The summed E-state index contributed by atoms with van der Waals surface area (Å²) >= 11 is 6.03. The number of carbonyl (C=O) groups excluding carboxylic acids is 1. The summed E-state index contributed by atoms with van der Waals surface area (Å²) in [6.07, 6.45) is 1.41. The van der Waals surface area contributed by atoms with Crippen LogP contribution in [-0.4, -0.2) is 58.9 Å². The summed E-state index contributed by atoms with van der Waals surface area (Å²) in [6.45, 7) is 0.825. The SMILES string of the molecule is O=C(O)N(C[C@@H](C(=O)N1COC[C@H]1Cc1ccccc1)c1ccc(Cl)cc1)C1CC1. The Hall–Kier alpha value is -2.57. The lowest BCUT2D eigenvalue weighted by molar-refractivity contribution is -0.135. The zero-order chi connectivity index (χ0) is 21.1. The maximum Gasteiger partial charge on any atom is 0.407 e. The second-order valence-electron chi connectivity index (χ2n) is 7.92. The Kier molecular flexibility index (Phi) is 6.25. The molecular weight excluding hydrogens is 404 g/mol. The van der Waals surface area contributed by atoms with Crippen LogP contribution in [-0.2, 0) is 16.0 Å². The van der Waals surface area contributed by atoms with Crippen molar-refractivity contribution in [2.24, 2.45) is 0 Å². The molecule has 1 aliphatic carbocycles. The average Bonchev–Trinajstić information content (AvgIpc) is 3.48. The first-order chi connectivity index (χ1) is 14.5. The van der Waals surface area contributed by atoms with E-state index in [0.29, 0.717) is 18.1 Å². The number of rotatable bonds is 7. The molecule has 2 aliphatic rings. The Balaban J connectivity index is 1.57. The number of ether oxygens (including phenoxy) is 1. The molecule has 0 unspecified atom stereocenters. The van der Waals surface area contributed by atoms with Crippen molar-refractivity contribution in [3.8, 4) is 0 Å². The van der Waals surface area contributed by atoms with Gasteiger partial charge in [-0.1, -0.05) is 54.1 Å². The second-order valence-corrected chi connectivity index (χ2v) is 8.36. The Morgan fingerprint density at radius 2 is 1.83 bits per heavy atom. The van der Waals surface area contributed by atoms with Crippen LogP contribution in [0.5, 0.6) is 0 Å². The van der Waals surface area contributed by atoms with Crippen LogP contribution >= 0.6 is 11.6 Å². The minimum Gasteiger partial charge on any atom is -0.465 e. The van der Waals surface area contributed by atoms with Crippen molar-refractivity contribution >= 4 is 23.6 Å². The van der Waals surface area contributed by atoms with E-state index in [2.05, 4.69) is 0 Å². The number of nitrogens with zero attached hydrogens (tertiary/aromatic N) is 2. The van der Waals surface area contributed by atoms with Gasteiger partial charge in [0.25, 0.3) is 0 Å². The Morgan fingerprint density at radius 3 is 2.47 bits per heavy atom. The lowest BCUT2D eigenvalue weighted by atomic mass is 9.95. The smallest absolute Gasteiger partial charge is 0.407 e. The third-order valence-corrected chi connectivity index (χ3v) is 6.01. The van der Waals surface area contributed by atoms with Gasteiger partial charge in [0.2, 0.25) is 5.91 Å². The molecule has 1 N–H and O–H groups in total. The molecule has 6 nitrogen and oxygen atoms in total. The minimum atomic E-state index is -0.984. The number of hydrogen-bond donors (Lipinski definition) is 1. The van der Waals surface area contributed by atoms with E-state index in [-0.39, 0.29) is 31.3 Å². The number of carboxylic acid groups (broad SMARTS) is 1. The van der Waals surface area contributed by atoms with Crippen LogP contribution in [0.4, 0.5) is 4.79 Å². The van der Waals surface area contributed by atoms with Crippen molar-refractivity contribution in [3.05, 3.63) is 70.7 Å². The fourth-order valence-corrected chi connectivity index (χ4v) is 4.09. The van der Waals surface area contributed by atoms with Gasteiger partial charge in [0.1, 0.15) is 6.73 Å². The zero-order valence-corrected chi connectivity index (χ0v) is 17.4. The second kappa shape index (κ2) is 9.06. The summed E-state index contributed by atoms with van der Waals surface area (Å²) in [5, 5.41) is 10.3. The van der Waals surface area contributed by atoms with Crippen LogP contribution in [0, 0.1) is 0 Å². The van der Waals surface area contributed by atoms with E-state index >= 15 is 0 Å².